The summed E-state index contributed by atoms with van der Waals surface area (Å²) in [6.45, 7) is 8.97. The number of ether oxygens (including phenoxy) is 1. The lowest BCUT2D eigenvalue weighted by Gasteiger charge is -2.38. The minimum absolute atomic E-state index is 0.0707. The molecule has 0 aliphatic heterocycles. The van der Waals surface area contributed by atoms with Gasteiger partial charge in [-0.15, -0.1) is 0 Å². The van der Waals surface area contributed by atoms with Gasteiger partial charge in [0.15, 0.2) is 0 Å². The van der Waals surface area contributed by atoms with Gasteiger partial charge in [-0.2, -0.15) is 0 Å². The van der Waals surface area contributed by atoms with Crippen molar-refractivity contribution in [3.8, 4) is 0 Å². The average molecular weight is 412 g/mol. The van der Waals surface area contributed by atoms with Crippen LogP contribution < -0.4 is 0 Å². The molecular weight excluding hydrogens is 387 g/mol. The van der Waals surface area contributed by atoms with Crippen molar-refractivity contribution in [2.75, 3.05) is 0 Å². The van der Waals surface area contributed by atoms with Crippen LogP contribution in [0.4, 0.5) is 0 Å². The van der Waals surface area contributed by atoms with Gasteiger partial charge in [0.05, 0.1) is 5.92 Å². The minimum atomic E-state index is -0.195. The number of benzene rings is 1. The first-order chi connectivity index (χ1) is 10.3. The average Bonchev–Trinajstić information content (AvgIpc) is 2.80. The summed E-state index contributed by atoms with van der Waals surface area (Å²) in [6, 6.07) is 8.06. The predicted molar refractivity (Wildman–Crippen MR) is 96.7 cm³/mol. The molecule has 2 aliphatic rings. The van der Waals surface area contributed by atoms with Gasteiger partial charge in [-0.25, -0.2) is 0 Å². The molecule has 0 aromatic heterocycles. The molecule has 1 aromatic carbocycles. The zero-order valence-corrected chi connectivity index (χ0v) is 16.0. The molecule has 2 saturated carbocycles. The summed E-state index contributed by atoms with van der Waals surface area (Å²) in [7, 11) is 0. The first-order valence-corrected chi connectivity index (χ1v) is 9.30. The summed E-state index contributed by atoms with van der Waals surface area (Å²) in [5.74, 6) is 0.431. The first kappa shape index (κ1) is 16.3. The van der Waals surface area contributed by atoms with Gasteiger partial charge in [-0.05, 0) is 71.7 Å². The Bertz CT molecular complexity index is 595. The molecule has 0 unspecified atom stereocenters. The van der Waals surface area contributed by atoms with E-state index < -0.39 is 0 Å². The fourth-order valence-corrected chi connectivity index (χ4v) is 5.36. The van der Waals surface area contributed by atoms with Gasteiger partial charge < -0.3 is 4.74 Å². The minimum Gasteiger partial charge on any atom is -0.461 e. The molecule has 2 aliphatic carbocycles. The molecule has 0 saturated heterocycles. The van der Waals surface area contributed by atoms with Crippen LogP contribution in [0.15, 0.2) is 24.3 Å². The highest BCUT2D eigenvalue weighted by Crippen LogP contribution is 2.66. The molecule has 4 atom stereocenters. The Morgan fingerprint density at radius 3 is 2.55 bits per heavy atom. The Morgan fingerprint density at radius 1 is 1.32 bits per heavy atom. The second-order valence-electron chi connectivity index (χ2n) is 7.78. The van der Waals surface area contributed by atoms with Gasteiger partial charge in [-0.3, -0.25) is 4.79 Å². The van der Waals surface area contributed by atoms with Crippen molar-refractivity contribution in [3.63, 3.8) is 0 Å². The molecule has 22 heavy (non-hydrogen) atoms. The maximum atomic E-state index is 12.7. The number of carbonyl (C=O) groups excluding carboxylic acids is 1. The number of hydrogen-bond acceptors (Lipinski definition) is 2. The van der Waals surface area contributed by atoms with Gasteiger partial charge in [0, 0.05) is 8.99 Å². The Labute approximate surface area is 147 Å². The summed E-state index contributed by atoms with van der Waals surface area (Å²) < 4.78 is 7.14. The van der Waals surface area contributed by atoms with Crippen molar-refractivity contribution < 1.29 is 9.53 Å². The predicted octanol–water partition coefficient (Wildman–Crippen LogP) is 5.15. The molecule has 120 valence electrons. The SMILES string of the molecule is C[C@@H](C(=O)O[C@@H]1C[C@@H]2CC[C@@]1(C)C2(C)C)c1ccccc1I. The molecule has 3 rings (SSSR count). The van der Waals surface area contributed by atoms with Crippen molar-refractivity contribution in [2.24, 2.45) is 16.7 Å². The summed E-state index contributed by atoms with van der Waals surface area (Å²) in [5, 5.41) is 0. The van der Waals surface area contributed by atoms with Gasteiger partial charge >= 0.3 is 5.97 Å². The van der Waals surface area contributed by atoms with Crippen LogP contribution in [0.3, 0.4) is 0 Å². The summed E-state index contributed by atoms with van der Waals surface area (Å²) in [6.07, 6.45) is 3.58. The van der Waals surface area contributed by atoms with Crippen LogP contribution in [0.2, 0.25) is 0 Å². The van der Waals surface area contributed by atoms with Crippen LogP contribution in [0.25, 0.3) is 0 Å². The van der Waals surface area contributed by atoms with Crippen molar-refractivity contribution in [2.45, 2.75) is 59.0 Å². The smallest absolute Gasteiger partial charge is 0.313 e. The maximum Gasteiger partial charge on any atom is 0.313 e. The molecule has 0 amide bonds. The molecule has 3 heteroatoms. The second-order valence-corrected chi connectivity index (χ2v) is 8.94. The standard InChI is InChI=1S/C19H25IO2/c1-12(14-7-5-6-8-15(14)20)17(21)22-16-11-13-9-10-19(16,4)18(13,2)3/h5-8,12-13,16H,9-11H2,1-4H3/t12-,13+,16-,19-/m1/s1. The lowest BCUT2D eigenvalue weighted by Crippen LogP contribution is -2.39. The van der Waals surface area contributed by atoms with Crippen molar-refractivity contribution in [1.29, 1.82) is 0 Å². The number of rotatable bonds is 3. The van der Waals surface area contributed by atoms with Gasteiger partial charge in [0.1, 0.15) is 6.10 Å². The van der Waals surface area contributed by atoms with Gasteiger partial charge in [0.2, 0.25) is 0 Å². The molecule has 2 fully saturated rings. The van der Waals surface area contributed by atoms with Crippen molar-refractivity contribution in [3.05, 3.63) is 33.4 Å². The highest BCUT2D eigenvalue weighted by atomic mass is 127. The molecule has 1 aromatic rings. The van der Waals surface area contributed by atoms with E-state index in [4.69, 9.17) is 4.74 Å². The summed E-state index contributed by atoms with van der Waals surface area (Å²) >= 11 is 2.29. The van der Waals surface area contributed by atoms with E-state index in [0.29, 0.717) is 5.92 Å². The van der Waals surface area contributed by atoms with E-state index in [-0.39, 0.29) is 28.8 Å². The van der Waals surface area contributed by atoms with E-state index in [2.05, 4.69) is 43.4 Å². The van der Waals surface area contributed by atoms with Crippen LogP contribution in [0.5, 0.6) is 0 Å². The Morgan fingerprint density at radius 2 is 2.00 bits per heavy atom. The highest BCUT2D eigenvalue weighted by Gasteiger charge is 2.62. The Kier molecular flexibility index (Phi) is 4.07. The monoisotopic (exact) mass is 412 g/mol. The summed E-state index contributed by atoms with van der Waals surface area (Å²) in [4.78, 5) is 12.7. The molecule has 0 N–H and O–H groups in total. The molecular formula is C19H25IO2. The zero-order valence-electron chi connectivity index (χ0n) is 13.9. The van der Waals surface area contributed by atoms with E-state index in [1.54, 1.807) is 0 Å². The van der Waals surface area contributed by atoms with E-state index in [1.807, 2.05) is 31.2 Å². The van der Waals surface area contributed by atoms with Gasteiger partial charge in [0.25, 0.3) is 0 Å². The van der Waals surface area contributed by atoms with Crippen LogP contribution >= 0.6 is 22.6 Å². The molecule has 2 nitrogen and oxygen atoms in total. The quantitative estimate of drug-likeness (QED) is 0.507. The Balaban J connectivity index is 1.75. The molecule has 0 heterocycles. The fourth-order valence-electron chi connectivity index (χ4n) is 4.50. The van der Waals surface area contributed by atoms with Crippen LogP contribution in [-0.2, 0) is 9.53 Å². The van der Waals surface area contributed by atoms with Crippen LogP contribution in [0, 0.1) is 20.3 Å². The topological polar surface area (TPSA) is 26.3 Å². The lowest BCUT2D eigenvalue weighted by molar-refractivity contribution is -0.158. The third-order valence-electron chi connectivity index (χ3n) is 6.70. The number of carbonyl (C=O) groups is 1. The highest BCUT2D eigenvalue weighted by molar-refractivity contribution is 14.1. The Hall–Kier alpha value is -0.580. The maximum absolute atomic E-state index is 12.7. The first-order valence-electron chi connectivity index (χ1n) is 8.22. The summed E-state index contributed by atoms with van der Waals surface area (Å²) in [5.41, 5.74) is 1.49. The van der Waals surface area contributed by atoms with E-state index in [0.717, 1.165) is 15.6 Å². The van der Waals surface area contributed by atoms with Gasteiger partial charge in [-0.1, -0.05) is 39.0 Å². The van der Waals surface area contributed by atoms with Crippen LogP contribution in [-0.4, -0.2) is 12.1 Å². The number of fused-ring (bicyclic) bond motifs is 2. The van der Waals surface area contributed by atoms with Crippen molar-refractivity contribution >= 4 is 28.6 Å². The third-order valence-corrected chi connectivity index (χ3v) is 7.68. The number of esters is 1. The largest absolute Gasteiger partial charge is 0.461 e. The lowest BCUT2D eigenvalue weighted by atomic mass is 9.70. The molecule has 2 bridgehead atoms. The zero-order chi connectivity index (χ0) is 16.1. The van der Waals surface area contributed by atoms with E-state index in [9.17, 15) is 4.79 Å². The second kappa shape index (κ2) is 5.50. The van der Waals surface area contributed by atoms with Crippen molar-refractivity contribution in [1.82, 2.24) is 0 Å². The molecule has 0 spiro atoms. The number of halogens is 1. The molecule has 0 radical (unpaired) electrons. The fraction of sp³-hybridized carbons (Fsp3) is 0.632. The van der Waals surface area contributed by atoms with Crippen LogP contribution in [0.1, 0.15) is 58.4 Å². The number of hydrogen-bond donors (Lipinski definition) is 0. The van der Waals surface area contributed by atoms with E-state index in [1.165, 1.54) is 12.8 Å². The third kappa shape index (κ3) is 2.31. The van der Waals surface area contributed by atoms with E-state index >= 15 is 0 Å². The normalized spacial score (nSPS) is 33.7.